The van der Waals surface area contributed by atoms with Crippen molar-refractivity contribution < 1.29 is 4.79 Å². The van der Waals surface area contributed by atoms with E-state index in [9.17, 15) is 4.79 Å². The Kier molecular flexibility index (Phi) is 6.06. The average molecular weight is 194 g/mol. The second kappa shape index (κ2) is 6.22. The van der Waals surface area contributed by atoms with Crippen molar-refractivity contribution in [1.29, 1.82) is 0 Å². The second-order valence-electron chi connectivity index (χ2n) is 2.81. The SMILES string of the molecule is Cl.NCC(=O)N[C@@H]1CCCNC1. The summed E-state index contributed by atoms with van der Waals surface area (Å²) in [6.45, 7) is 2.04. The Hall–Kier alpha value is -0.320. The predicted molar refractivity (Wildman–Crippen MR) is 50.3 cm³/mol. The van der Waals surface area contributed by atoms with Gasteiger partial charge in [0.25, 0.3) is 0 Å². The van der Waals surface area contributed by atoms with Crippen molar-refractivity contribution in [3.63, 3.8) is 0 Å². The van der Waals surface area contributed by atoms with Crippen molar-refractivity contribution >= 4 is 18.3 Å². The molecule has 1 saturated heterocycles. The van der Waals surface area contributed by atoms with Crippen LogP contribution in [0.2, 0.25) is 0 Å². The summed E-state index contributed by atoms with van der Waals surface area (Å²) in [5, 5.41) is 6.05. The molecule has 72 valence electrons. The minimum Gasteiger partial charge on any atom is -0.351 e. The Morgan fingerprint density at radius 3 is 2.92 bits per heavy atom. The van der Waals surface area contributed by atoms with E-state index >= 15 is 0 Å². The van der Waals surface area contributed by atoms with Crippen LogP contribution in [0.1, 0.15) is 12.8 Å². The molecule has 1 aliphatic rings. The van der Waals surface area contributed by atoms with Gasteiger partial charge in [-0.2, -0.15) is 0 Å². The Morgan fingerprint density at radius 1 is 1.67 bits per heavy atom. The van der Waals surface area contributed by atoms with Crippen molar-refractivity contribution in [1.82, 2.24) is 10.6 Å². The summed E-state index contributed by atoms with van der Waals surface area (Å²) in [7, 11) is 0. The van der Waals surface area contributed by atoms with Gasteiger partial charge in [-0.05, 0) is 19.4 Å². The quantitative estimate of drug-likeness (QED) is 0.540. The molecule has 0 aliphatic carbocycles. The molecule has 12 heavy (non-hydrogen) atoms. The fourth-order valence-corrected chi connectivity index (χ4v) is 1.26. The number of nitrogens with two attached hydrogens (primary N) is 1. The van der Waals surface area contributed by atoms with Crippen LogP contribution in [-0.4, -0.2) is 31.6 Å². The Bertz CT molecular complexity index is 137. The molecule has 4 nitrogen and oxygen atoms in total. The van der Waals surface area contributed by atoms with Gasteiger partial charge >= 0.3 is 0 Å². The van der Waals surface area contributed by atoms with Gasteiger partial charge in [-0.15, -0.1) is 12.4 Å². The maximum absolute atomic E-state index is 10.8. The first-order chi connectivity index (χ1) is 5.33. The summed E-state index contributed by atoms with van der Waals surface area (Å²) in [5.41, 5.74) is 5.16. The highest BCUT2D eigenvalue weighted by atomic mass is 35.5. The number of halogens is 1. The third-order valence-corrected chi connectivity index (χ3v) is 1.85. The molecule has 0 spiro atoms. The van der Waals surface area contributed by atoms with Crippen LogP contribution in [0.5, 0.6) is 0 Å². The van der Waals surface area contributed by atoms with Crippen molar-refractivity contribution in [3.05, 3.63) is 0 Å². The summed E-state index contributed by atoms with van der Waals surface area (Å²) < 4.78 is 0. The third kappa shape index (κ3) is 3.90. The molecule has 1 fully saturated rings. The van der Waals surface area contributed by atoms with Crippen LogP contribution >= 0.6 is 12.4 Å². The number of amides is 1. The molecule has 0 radical (unpaired) electrons. The fraction of sp³-hybridized carbons (Fsp3) is 0.857. The van der Waals surface area contributed by atoms with Crippen LogP contribution in [-0.2, 0) is 4.79 Å². The van der Waals surface area contributed by atoms with Gasteiger partial charge in [0.05, 0.1) is 6.54 Å². The van der Waals surface area contributed by atoms with Gasteiger partial charge in [0.2, 0.25) is 5.91 Å². The number of hydrogen-bond acceptors (Lipinski definition) is 3. The van der Waals surface area contributed by atoms with Gasteiger partial charge in [-0.3, -0.25) is 4.79 Å². The first-order valence-corrected chi connectivity index (χ1v) is 4.03. The standard InChI is InChI=1S/C7H15N3O.ClH/c8-4-7(11)10-6-2-1-3-9-5-6;/h6,9H,1-5,8H2,(H,10,11);1H/t6-;/m1./s1. The lowest BCUT2D eigenvalue weighted by molar-refractivity contribution is -0.120. The molecule has 1 atom stereocenters. The van der Waals surface area contributed by atoms with Crippen molar-refractivity contribution in [2.75, 3.05) is 19.6 Å². The van der Waals surface area contributed by atoms with Crippen molar-refractivity contribution in [2.45, 2.75) is 18.9 Å². The van der Waals surface area contributed by atoms with E-state index in [4.69, 9.17) is 5.73 Å². The number of carbonyl (C=O) groups excluding carboxylic acids is 1. The molecule has 0 unspecified atom stereocenters. The minimum absolute atomic E-state index is 0. The van der Waals surface area contributed by atoms with Gasteiger partial charge in [0, 0.05) is 12.6 Å². The summed E-state index contributed by atoms with van der Waals surface area (Å²) in [4.78, 5) is 10.8. The molecule has 0 aromatic carbocycles. The van der Waals surface area contributed by atoms with Crippen LogP contribution in [0.4, 0.5) is 0 Å². The molecule has 0 aromatic heterocycles. The number of hydrogen-bond donors (Lipinski definition) is 3. The van der Waals surface area contributed by atoms with E-state index in [2.05, 4.69) is 10.6 Å². The molecule has 0 saturated carbocycles. The highest BCUT2D eigenvalue weighted by molar-refractivity contribution is 5.85. The second-order valence-corrected chi connectivity index (χ2v) is 2.81. The monoisotopic (exact) mass is 193 g/mol. The van der Waals surface area contributed by atoms with E-state index in [0.29, 0.717) is 6.04 Å². The van der Waals surface area contributed by atoms with Gasteiger partial charge in [-0.25, -0.2) is 0 Å². The van der Waals surface area contributed by atoms with E-state index in [1.807, 2.05) is 0 Å². The maximum atomic E-state index is 10.8. The maximum Gasteiger partial charge on any atom is 0.233 e. The molecule has 5 heteroatoms. The molecule has 1 aliphatic heterocycles. The normalized spacial score (nSPS) is 22.6. The van der Waals surface area contributed by atoms with Crippen molar-refractivity contribution in [3.8, 4) is 0 Å². The summed E-state index contributed by atoms with van der Waals surface area (Å²) in [6.07, 6.45) is 2.20. The first kappa shape index (κ1) is 11.7. The molecule has 1 amide bonds. The van der Waals surface area contributed by atoms with Crippen LogP contribution in [0.3, 0.4) is 0 Å². The largest absolute Gasteiger partial charge is 0.351 e. The number of carbonyl (C=O) groups is 1. The zero-order valence-electron chi connectivity index (χ0n) is 7.01. The Morgan fingerprint density at radius 2 is 2.42 bits per heavy atom. The van der Waals surface area contributed by atoms with Crippen LogP contribution in [0, 0.1) is 0 Å². The summed E-state index contributed by atoms with van der Waals surface area (Å²) in [6, 6.07) is 0.291. The number of nitrogens with one attached hydrogen (secondary N) is 2. The number of piperidine rings is 1. The molecular weight excluding hydrogens is 178 g/mol. The molecule has 1 heterocycles. The Balaban J connectivity index is 0.00000121. The zero-order chi connectivity index (χ0) is 8.10. The van der Waals surface area contributed by atoms with Gasteiger partial charge < -0.3 is 16.4 Å². The lowest BCUT2D eigenvalue weighted by Gasteiger charge is -2.23. The average Bonchev–Trinajstić information content (AvgIpc) is 2.06. The molecule has 0 aromatic rings. The highest BCUT2D eigenvalue weighted by Gasteiger charge is 2.13. The van der Waals surface area contributed by atoms with Gasteiger partial charge in [0.1, 0.15) is 0 Å². The lowest BCUT2D eigenvalue weighted by Crippen LogP contribution is -2.47. The molecule has 1 rings (SSSR count). The topological polar surface area (TPSA) is 67.2 Å². The van der Waals surface area contributed by atoms with Crippen molar-refractivity contribution in [2.24, 2.45) is 5.73 Å². The molecule has 4 N–H and O–H groups in total. The summed E-state index contributed by atoms with van der Waals surface area (Å²) >= 11 is 0. The zero-order valence-corrected chi connectivity index (χ0v) is 7.82. The smallest absolute Gasteiger partial charge is 0.233 e. The van der Waals surface area contributed by atoms with Crippen LogP contribution in [0.15, 0.2) is 0 Å². The molecule has 0 bridgehead atoms. The molecular formula is C7H16ClN3O. The minimum atomic E-state index is -0.0568. The Labute approximate surface area is 78.7 Å². The van der Waals surface area contributed by atoms with Gasteiger partial charge in [-0.1, -0.05) is 0 Å². The lowest BCUT2D eigenvalue weighted by atomic mass is 10.1. The first-order valence-electron chi connectivity index (χ1n) is 4.03. The van der Waals surface area contributed by atoms with E-state index in [1.165, 1.54) is 0 Å². The number of rotatable bonds is 2. The van der Waals surface area contributed by atoms with E-state index in [-0.39, 0.29) is 24.9 Å². The van der Waals surface area contributed by atoms with Gasteiger partial charge in [0.15, 0.2) is 0 Å². The summed E-state index contributed by atoms with van der Waals surface area (Å²) in [5.74, 6) is -0.0568. The van der Waals surface area contributed by atoms with Crippen LogP contribution < -0.4 is 16.4 Å². The highest BCUT2D eigenvalue weighted by Crippen LogP contribution is 2.00. The fourth-order valence-electron chi connectivity index (χ4n) is 1.26. The van der Waals surface area contributed by atoms with E-state index in [0.717, 1.165) is 25.9 Å². The van der Waals surface area contributed by atoms with Crippen LogP contribution in [0.25, 0.3) is 0 Å². The predicted octanol–water partition coefficient (Wildman–Crippen LogP) is -0.765. The van der Waals surface area contributed by atoms with E-state index in [1.54, 1.807) is 0 Å². The van der Waals surface area contributed by atoms with E-state index < -0.39 is 0 Å². The third-order valence-electron chi connectivity index (χ3n) is 1.85.